The summed E-state index contributed by atoms with van der Waals surface area (Å²) in [6.45, 7) is 15.3. The second-order valence-corrected chi connectivity index (χ2v) is 13.1. The van der Waals surface area contributed by atoms with Gasteiger partial charge in [0.2, 0.25) is 17.7 Å². The molecular formula is C35H49N3O7. The highest BCUT2D eigenvalue weighted by atomic mass is 16.6. The number of esters is 1. The van der Waals surface area contributed by atoms with Crippen LogP contribution in [-0.2, 0) is 28.7 Å². The van der Waals surface area contributed by atoms with Gasteiger partial charge in [-0.05, 0) is 51.0 Å². The van der Waals surface area contributed by atoms with Crippen molar-refractivity contribution in [2.75, 3.05) is 19.7 Å². The van der Waals surface area contributed by atoms with Crippen LogP contribution in [0.25, 0.3) is 0 Å². The van der Waals surface area contributed by atoms with Crippen LogP contribution in [0.2, 0.25) is 0 Å². The fourth-order valence-corrected chi connectivity index (χ4v) is 7.35. The number of carbonyl (C=O) groups excluding carboxylic acids is 4. The number of nitrogens with zero attached hydrogens (tertiary/aromatic N) is 2. The van der Waals surface area contributed by atoms with Gasteiger partial charge in [0.05, 0.1) is 37.1 Å². The predicted octanol–water partition coefficient (Wildman–Crippen LogP) is 3.56. The van der Waals surface area contributed by atoms with Crippen molar-refractivity contribution in [2.45, 2.75) is 95.7 Å². The molecule has 1 aromatic carbocycles. The Balaban J connectivity index is 1.68. The molecule has 3 heterocycles. The zero-order valence-electron chi connectivity index (χ0n) is 27.0. The van der Waals surface area contributed by atoms with Gasteiger partial charge in [0.1, 0.15) is 17.7 Å². The van der Waals surface area contributed by atoms with Crippen LogP contribution in [0.1, 0.15) is 71.5 Å². The Morgan fingerprint density at radius 2 is 1.89 bits per heavy atom. The number of amides is 3. The van der Waals surface area contributed by atoms with Gasteiger partial charge in [-0.2, -0.15) is 0 Å². The molecule has 246 valence electrons. The highest BCUT2D eigenvalue weighted by Crippen LogP contribution is 2.59. The number of rotatable bonds is 16. The highest BCUT2D eigenvalue weighted by molar-refractivity contribution is 5.98. The summed E-state index contributed by atoms with van der Waals surface area (Å²) in [5, 5.41) is 13.4. The summed E-state index contributed by atoms with van der Waals surface area (Å²) in [4.78, 5) is 58.6. The van der Waals surface area contributed by atoms with Gasteiger partial charge in [-0.25, -0.2) is 0 Å². The lowest BCUT2D eigenvalue weighted by Crippen LogP contribution is -2.59. The van der Waals surface area contributed by atoms with Crippen LogP contribution in [0.4, 0.5) is 0 Å². The molecule has 0 radical (unpaired) electrons. The average Bonchev–Trinajstić information content (AvgIpc) is 3.66. The van der Waals surface area contributed by atoms with Crippen LogP contribution in [0, 0.1) is 17.8 Å². The van der Waals surface area contributed by atoms with Crippen molar-refractivity contribution in [1.29, 1.82) is 0 Å². The number of fused-ring (bicyclic) bond motifs is 1. The molecule has 2 N–H and O–H groups in total. The molecule has 1 spiro atoms. The molecule has 10 heteroatoms. The topological polar surface area (TPSA) is 125 Å². The van der Waals surface area contributed by atoms with Gasteiger partial charge in [0, 0.05) is 19.0 Å². The van der Waals surface area contributed by atoms with E-state index in [1.54, 1.807) is 17.1 Å². The maximum Gasteiger partial charge on any atom is 0.313 e. The molecule has 3 aliphatic rings. The van der Waals surface area contributed by atoms with Crippen LogP contribution in [0.3, 0.4) is 0 Å². The Bertz CT molecular complexity index is 1250. The minimum absolute atomic E-state index is 0.0623. The highest BCUT2D eigenvalue weighted by Gasteiger charge is 2.75. The summed E-state index contributed by atoms with van der Waals surface area (Å²) >= 11 is 0. The summed E-state index contributed by atoms with van der Waals surface area (Å²) in [6.07, 6.45) is 4.14. The van der Waals surface area contributed by atoms with Gasteiger partial charge in [-0.15, -0.1) is 13.2 Å². The van der Waals surface area contributed by atoms with E-state index in [9.17, 15) is 24.3 Å². The SMILES string of the molecule is C=CCCC(=O)NC[C@@H](OC(=O)[C@@H]1[C@@H]2CC[C@]3(O2)[C@H](C(=O)N(CC=C)C(C)C)N([C@@H](CO)CC(C)C)C(=O)[C@@H]13)c1ccccc1. The maximum atomic E-state index is 14.5. The Kier molecular flexibility index (Phi) is 11.3. The van der Waals surface area contributed by atoms with Crippen LogP contribution >= 0.6 is 0 Å². The van der Waals surface area contributed by atoms with Crippen molar-refractivity contribution >= 4 is 23.7 Å². The number of aliphatic hydroxyl groups is 1. The molecule has 3 fully saturated rings. The first kappa shape index (κ1) is 34.4. The van der Waals surface area contributed by atoms with E-state index in [-0.39, 0.29) is 55.8 Å². The van der Waals surface area contributed by atoms with Crippen LogP contribution in [-0.4, -0.2) is 88.1 Å². The van der Waals surface area contributed by atoms with Crippen molar-refractivity contribution in [1.82, 2.24) is 15.1 Å². The normalized spacial score (nSPS) is 26.5. The molecule has 45 heavy (non-hydrogen) atoms. The number of allylic oxidation sites excluding steroid dienone is 1. The first-order valence-corrected chi connectivity index (χ1v) is 16.2. The summed E-state index contributed by atoms with van der Waals surface area (Å²) in [7, 11) is 0. The van der Waals surface area contributed by atoms with Gasteiger partial charge in [-0.3, -0.25) is 19.2 Å². The third kappa shape index (κ3) is 6.87. The summed E-state index contributed by atoms with van der Waals surface area (Å²) in [6, 6.07) is 7.36. The lowest BCUT2D eigenvalue weighted by atomic mass is 9.70. The quantitative estimate of drug-likeness (QED) is 0.213. The maximum absolute atomic E-state index is 14.5. The molecule has 3 amide bonds. The minimum atomic E-state index is -1.22. The van der Waals surface area contributed by atoms with Gasteiger partial charge < -0.3 is 29.7 Å². The smallest absolute Gasteiger partial charge is 0.313 e. The third-order valence-electron chi connectivity index (χ3n) is 9.31. The molecule has 3 aliphatic heterocycles. The van der Waals surface area contributed by atoms with Crippen LogP contribution in [0.15, 0.2) is 55.6 Å². The second-order valence-electron chi connectivity index (χ2n) is 13.1. The summed E-state index contributed by atoms with van der Waals surface area (Å²) < 4.78 is 12.7. The van der Waals surface area contributed by atoms with Crippen molar-refractivity contribution in [3.8, 4) is 0 Å². The van der Waals surface area contributed by atoms with Gasteiger partial charge in [0.15, 0.2) is 0 Å². The van der Waals surface area contributed by atoms with E-state index in [0.717, 1.165) is 0 Å². The van der Waals surface area contributed by atoms with Crippen molar-refractivity contribution in [3.05, 3.63) is 61.2 Å². The zero-order valence-corrected chi connectivity index (χ0v) is 27.0. The van der Waals surface area contributed by atoms with E-state index < -0.39 is 47.7 Å². The summed E-state index contributed by atoms with van der Waals surface area (Å²) in [5.74, 6) is -3.15. The lowest BCUT2D eigenvalue weighted by Gasteiger charge is -2.40. The third-order valence-corrected chi connectivity index (χ3v) is 9.31. The number of benzene rings is 1. The fourth-order valence-electron chi connectivity index (χ4n) is 7.35. The van der Waals surface area contributed by atoms with Gasteiger partial charge in [0.25, 0.3) is 0 Å². The Hall–Kier alpha value is -3.50. The number of hydrogen-bond acceptors (Lipinski definition) is 7. The molecular weight excluding hydrogens is 574 g/mol. The van der Waals surface area contributed by atoms with Crippen LogP contribution in [0.5, 0.6) is 0 Å². The average molecular weight is 624 g/mol. The molecule has 2 bridgehead atoms. The van der Waals surface area contributed by atoms with E-state index in [1.165, 1.54) is 4.90 Å². The monoisotopic (exact) mass is 623 g/mol. The van der Waals surface area contributed by atoms with Gasteiger partial charge in [-0.1, -0.05) is 56.3 Å². The van der Waals surface area contributed by atoms with E-state index in [2.05, 4.69) is 18.5 Å². The second kappa shape index (κ2) is 14.7. The number of carbonyl (C=O) groups is 4. The standard InChI is InChI=1S/C35H49N3O7/c1-7-9-15-28(40)36-20-27(24-13-11-10-12-14-24)44-34(43)29-26-16-17-35(45-26)30(29)32(41)38(25(21-39)19-22(3)4)31(35)33(42)37(18-8-2)23(5)6/h7-8,10-14,22-23,25-27,29-31,39H,1-2,9,15-21H2,3-6H3,(H,36,40)/t25-,26+,27-,29-,30-,31+,35-/m1/s1. The molecule has 7 atom stereocenters. The molecule has 4 rings (SSSR count). The fraction of sp³-hybridized carbons (Fsp3) is 0.600. The van der Waals surface area contributed by atoms with Crippen LogP contribution < -0.4 is 5.32 Å². The molecule has 0 aromatic heterocycles. The van der Waals surface area contributed by atoms with Crippen molar-refractivity contribution in [2.24, 2.45) is 17.8 Å². The Labute approximate surface area is 266 Å². The molecule has 1 aromatic rings. The number of aliphatic hydroxyl groups excluding tert-OH is 1. The first-order chi connectivity index (χ1) is 21.5. The van der Waals surface area contributed by atoms with E-state index in [0.29, 0.717) is 31.2 Å². The van der Waals surface area contributed by atoms with Gasteiger partial charge >= 0.3 is 5.97 Å². The Morgan fingerprint density at radius 1 is 1.18 bits per heavy atom. The lowest BCUT2D eigenvalue weighted by molar-refractivity contribution is -0.161. The van der Waals surface area contributed by atoms with E-state index in [1.807, 2.05) is 58.0 Å². The molecule has 0 aliphatic carbocycles. The molecule has 10 nitrogen and oxygen atoms in total. The zero-order chi connectivity index (χ0) is 32.9. The molecule has 0 unspecified atom stereocenters. The number of nitrogens with one attached hydrogen (secondary N) is 1. The van der Waals surface area contributed by atoms with Crippen molar-refractivity contribution < 1.29 is 33.8 Å². The largest absolute Gasteiger partial charge is 0.455 e. The first-order valence-electron chi connectivity index (χ1n) is 16.2. The number of likely N-dealkylation sites (tertiary alicyclic amines) is 1. The summed E-state index contributed by atoms with van der Waals surface area (Å²) in [5.41, 5.74) is -0.516. The minimum Gasteiger partial charge on any atom is -0.455 e. The van der Waals surface area contributed by atoms with E-state index >= 15 is 0 Å². The number of hydrogen-bond donors (Lipinski definition) is 2. The molecule has 0 saturated carbocycles. The van der Waals surface area contributed by atoms with Crippen molar-refractivity contribution in [3.63, 3.8) is 0 Å². The Morgan fingerprint density at radius 3 is 2.49 bits per heavy atom. The predicted molar refractivity (Wildman–Crippen MR) is 170 cm³/mol. The van der Waals surface area contributed by atoms with E-state index in [4.69, 9.17) is 9.47 Å². The number of ether oxygens (including phenoxy) is 2. The molecule has 3 saturated heterocycles.